The van der Waals surface area contributed by atoms with E-state index in [4.69, 9.17) is 0 Å². The number of amidine groups is 1. The van der Waals surface area contributed by atoms with Crippen LogP contribution in [0.2, 0.25) is 0 Å². The summed E-state index contributed by atoms with van der Waals surface area (Å²) in [5, 5.41) is 15.1. The van der Waals surface area contributed by atoms with Crippen molar-refractivity contribution in [3.8, 4) is 11.1 Å². The molecule has 3 aromatic rings. The maximum absolute atomic E-state index is 14.7. The molecule has 2 amide bonds. The Hall–Kier alpha value is -4.09. The number of urea groups is 1. The zero-order chi connectivity index (χ0) is 25.9. The fourth-order valence-electron chi connectivity index (χ4n) is 4.70. The fraction of sp³-hybridized carbons (Fsp3) is 0.269. The molecular formula is C26H29F2N8O+. The van der Waals surface area contributed by atoms with Gasteiger partial charge in [-0.05, 0) is 48.7 Å². The van der Waals surface area contributed by atoms with Gasteiger partial charge in [0.1, 0.15) is 11.3 Å². The molecule has 2 aromatic carbocycles. The highest BCUT2D eigenvalue weighted by molar-refractivity contribution is 6.12. The number of carbonyl (C=O) groups excluding carboxylic acids is 1. The highest BCUT2D eigenvalue weighted by atomic mass is 19.2. The van der Waals surface area contributed by atoms with Crippen LogP contribution in [0.3, 0.4) is 0 Å². The van der Waals surface area contributed by atoms with Crippen molar-refractivity contribution in [1.29, 1.82) is 0 Å². The van der Waals surface area contributed by atoms with Crippen LogP contribution in [-0.2, 0) is 0 Å². The van der Waals surface area contributed by atoms with Crippen molar-refractivity contribution in [3.63, 3.8) is 0 Å². The van der Waals surface area contributed by atoms with E-state index in [1.807, 2.05) is 42.7 Å². The molecule has 1 aromatic heterocycles. The number of quaternary nitrogens is 1. The van der Waals surface area contributed by atoms with Crippen LogP contribution in [0.15, 0.2) is 59.8 Å². The average Bonchev–Trinajstić information content (AvgIpc) is 3.55. The number of amides is 2. The Balaban J connectivity index is 1.45. The molecule has 5 N–H and O–H groups in total. The highest BCUT2D eigenvalue weighted by Crippen LogP contribution is 2.30. The number of carbonyl (C=O) groups is 1. The Labute approximate surface area is 213 Å². The number of halogens is 2. The number of hydrogen-bond acceptors (Lipinski definition) is 6. The van der Waals surface area contributed by atoms with Crippen LogP contribution in [0.4, 0.5) is 30.8 Å². The van der Waals surface area contributed by atoms with Crippen molar-refractivity contribution in [3.05, 3.63) is 71.9 Å². The first-order valence-electron chi connectivity index (χ1n) is 12.2. The molecule has 9 nitrogen and oxygen atoms in total. The van der Waals surface area contributed by atoms with Gasteiger partial charge in [0.05, 0.1) is 7.05 Å². The van der Waals surface area contributed by atoms with E-state index in [1.165, 1.54) is 22.3 Å². The monoisotopic (exact) mass is 507 g/mol. The van der Waals surface area contributed by atoms with Crippen LogP contribution < -0.4 is 26.5 Å². The van der Waals surface area contributed by atoms with Gasteiger partial charge in [0.15, 0.2) is 17.5 Å². The standard InChI is InChI=1S/C26H28F2N8O/c1-29-24-20(25-33-34-35(2)36(25)22-12-6-11-21(27)23(22)28)14-17(15-30-24)16-7-5-10-19(13-16)32-26(37)31-18-8-3-4-9-18/h5-7,10-15,18,34H,3-4,8-9H2,1-2H3,(H,29,30)(H2,31,32,37)/p+1. The Kier molecular flexibility index (Phi) is 6.97. The molecule has 192 valence electrons. The average molecular weight is 508 g/mol. The van der Waals surface area contributed by atoms with Gasteiger partial charge in [0, 0.05) is 30.5 Å². The Morgan fingerprint density at radius 3 is 2.68 bits per heavy atom. The van der Waals surface area contributed by atoms with E-state index < -0.39 is 11.6 Å². The number of hydrazone groups is 1. The summed E-state index contributed by atoms with van der Waals surface area (Å²) >= 11 is 0. The first kappa shape index (κ1) is 24.6. The van der Waals surface area contributed by atoms with Gasteiger partial charge in [0.2, 0.25) is 5.82 Å². The number of hydrogen-bond donors (Lipinski definition) is 4. The third kappa shape index (κ3) is 5.09. The van der Waals surface area contributed by atoms with Crippen molar-refractivity contribution in [1.82, 2.24) is 21.0 Å². The molecule has 1 fully saturated rings. The van der Waals surface area contributed by atoms with Crippen LogP contribution in [0.25, 0.3) is 11.1 Å². The summed E-state index contributed by atoms with van der Waals surface area (Å²) in [6.07, 6.45) is 6.03. The van der Waals surface area contributed by atoms with Crippen molar-refractivity contribution in [2.24, 2.45) is 5.10 Å². The molecule has 0 radical (unpaired) electrons. The topological polar surface area (TPSA) is 101 Å². The molecule has 1 aliphatic carbocycles. The number of pyridine rings is 1. The van der Waals surface area contributed by atoms with Crippen molar-refractivity contribution >= 4 is 29.1 Å². The third-order valence-corrected chi connectivity index (χ3v) is 6.54. The first-order valence-corrected chi connectivity index (χ1v) is 12.2. The quantitative estimate of drug-likeness (QED) is 0.410. The summed E-state index contributed by atoms with van der Waals surface area (Å²) in [7, 11) is 3.50. The molecular weight excluding hydrogens is 478 g/mol. The summed E-state index contributed by atoms with van der Waals surface area (Å²) in [6.45, 7) is 0. The van der Waals surface area contributed by atoms with Crippen molar-refractivity contribution in [2.45, 2.75) is 31.7 Å². The van der Waals surface area contributed by atoms with Gasteiger partial charge in [0.25, 0.3) is 0 Å². The van der Waals surface area contributed by atoms with Crippen LogP contribution in [-0.4, -0.2) is 42.1 Å². The minimum atomic E-state index is -0.980. The lowest BCUT2D eigenvalue weighted by Gasteiger charge is -2.26. The summed E-state index contributed by atoms with van der Waals surface area (Å²) in [5.74, 6) is -0.939. The predicted octanol–water partition coefficient (Wildman–Crippen LogP) is 3.45. The van der Waals surface area contributed by atoms with E-state index in [1.54, 1.807) is 13.2 Å². The van der Waals surface area contributed by atoms with Crippen molar-refractivity contribution in [2.75, 3.05) is 24.4 Å². The highest BCUT2D eigenvalue weighted by Gasteiger charge is 2.32. The van der Waals surface area contributed by atoms with Gasteiger partial charge >= 0.3 is 6.03 Å². The number of anilines is 2. The van der Waals surface area contributed by atoms with E-state index in [0.717, 1.165) is 42.9 Å². The second kappa shape index (κ2) is 10.5. The van der Waals surface area contributed by atoms with Crippen LogP contribution in [0.1, 0.15) is 31.2 Å². The molecule has 0 spiro atoms. The number of benzene rings is 2. The summed E-state index contributed by atoms with van der Waals surface area (Å²) < 4.78 is 28.8. The molecule has 5 rings (SSSR count). The lowest BCUT2D eigenvalue weighted by Crippen LogP contribution is -2.74. The zero-order valence-electron chi connectivity index (χ0n) is 20.6. The summed E-state index contributed by atoms with van der Waals surface area (Å²) in [5.41, 5.74) is 5.69. The van der Waals surface area contributed by atoms with Crippen LogP contribution in [0.5, 0.6) is 0 Å². The largest absolute Gasteiger partial charge is 0.335 e. The van der Waals surface area contributed by atoms with Gasteiger partial charge in [-0.3, -0.25) is 5.32 Å². The van der Waals surface area contributed by atoms with Gasteiger partial charge in [-0.1, -0.05) is 31.0 Å². The van der Waals surface area contributed by atoms with Crippen LogP contribution >= 0.6 is 0 Å². The Morgan fingerprint density at radius 1 is 1.11 bits per heavy atom. The Morgan fingerprint density at radius 2 is 1.89 bits per heavy atom. The summed E-state index contributed by atoms with van der Waals surface area (Å²) in [4.78, 5) is 17.0. The molecule has 0 unspecified atom stereocenters. The number of nitrogens with two attached hydrogens (primary N) is 1. The number of nitrogens with one attached hydrogen (secondary N) is 3. The minimum Gasteiger partial charge on any atom is -0.335 e. The zero-order valence-corrected chi connectivity index (χ0v) is 20.6. The minimum absolute atomic E-state index is 0.0122. The van der Waals surface area contributed by atoms with Crippen LogP contribution in [0, 0.1) is 11.6 Å². The molecule has 0 saturated heterocycles. The molecule has 2 aliphatic rings. The van der Waals surface area contributed by atoms with Gasteiger partial charge in [-0.2, -0.15) is 0 Å². The van der Waals surface area contributed by atoms with E-state index in [0.29, 0.717) is 22.9 Å². The van der Waals surface area contributed by atoms with E-state index in [-0.39, 0.29) is 17.8 Å². The normalized spacial score (nSPS) is 16.0. The molecule has 0 bridgehead atoms. The number of aromatic nitrogens is 1. The smallest absolute Gasteiger partial charge is 0.319 e. The SMILES string of the molecule is C[NH2+]c1ncc(-c2cccc(NC(=O)NC3CCCC3)c2)cc1C1=NNN(C)N1c1cccc(F)c1F. The molecule has 1 saturated carbocycles. The van der Waals surface area contributed by atoms with E-state index in [9.17, 15) is 13.6 Å². The second-order valence-electron chi connectivity index (χ2n) is 9.05. The first-order chi connectivity index (χ1) is 17.9. The van der Waals surface area contributed by atoms with E-state index >= 15 is 0 Å². The van der Waals surface area contributed by atoms with E-state index in [2.05, 4.69) is 26.3 Å². The summed E-state index contributed by atoms with van der Waals surface area (Å²) in [6, 6.07) is 13.4. The van der Waals surface area contributed by atoms with Crippen molar-refractivity contribution < 1.29 is 18.9 Å². The maximum Gasteiger partial charge on any atom is 0.319 e. The Bertz CT molecular complexity index is 1340. The fourth-order valence-corrected chi connectivity index (χ4v) is 4.70. The molecule has 0 atom stereocenters. The van der Waals surface area contributed by atoms with Gasteiger partial charge < -0.3 is 10.6 Å². The predicted molar refractivity (Wildman–Crippen MR) is 138 cm³/mol. The second-order valence-corrected chi connectivity index (χ2v) is 9.05. The molecule has 2 heterocycles. The number of hydrazine groups is 2. The van der Waals surface area contributed by atoms with Gasteiger partial charge in [-0.25, -0.2) is 29.1 Å². The molecule has 1 aliphatic heterocycles. The third-order valence-electron chi connectivity index (χ3n) is 6.54. The molecule has 37 heavy (non-hydrogen) atoms. The maximum atomic E-state index is 14.7. The lowest BCUT2D eigenvalue weighted by atomic mass is 10.0. The lowest BCUT2D eigenvalue weighted by molar-refractivity contribution is -0.543. The molecule has 11 heteroatoms. The number of nitrogens with zero attached hydrogens (tertiary/aromatic N) is 4. The number of rotatable bonds is 6. The van der Waals surface area contributed by atoms with Gasteiger partial charge in [-0.15, -0.1) is 10.2 Å².